The number of nitro groups is 1. The third-order valence-corrected chi connectivity index (χ3v) is 4.44. The molecule has 2 aromatic carbocycles. The zero-order valence-electron chi connectivity index (χ0n) is 17.5. The first-order chi connectivity index (χ1) is 15.3. The third-order valence-electron chi connectivity index (χ3n) is 4.44. The van der Waals surface area contributed by atoms with Crippen LogP contribution < -0.4 is 15.5 Å². The minimum absolute atomic E-state index is 0.0151. The van der Waals surface area contributed by atoms with Gasteiger partial charge in [-0.2, -0.15) is 0 Å². The summed E-state index contributed by atoms with van der Waals surface area (Å²) < 4.78 is 4.81. The van der Waals surface area contributed by atoms with Gasteiger partial charge in [0, 0.05) is 25.3 Å². The second-order valence-electron chi connectivity index (χ2n) is 6.60. The van der Waals surface area contributed by atoms with Crippen molar-refractivity contribution in [1.29, 1.82) is 0 Å². The van der Waals surface area contributed by atoms with E-state index in [1.807, 2.05) is 0 Å². The molecule has 0 aliphatic rings. The number of amides is 1. The molecule has 0 atom stereocenters. The Kier molecular flexibility index (Phi) is 6.59. The Morgan fingerprint density at radius 2 is 1.72 bits per heavy atom. The predicted molar refractivity (Wildman–Crippen MR) is 119 cm³/mol. The highest BCUT2D eigenvalue weighted by atomic mass is 16.6. The number of anilines is 5. The highest BCUT2D eigenvalue weighted by Gasteiger charge is 2.28. The molecule has 32 heavy (non-hydrogen) atoms. The number of methoxy groups -OCH3 is 1. The van der Waals surface area contributed by atoms with Crippen molar-refractivity contribution in [2.45, 2.75) is 6.92 Å². The number of carbonyl (C=O) groups is 2. The summed E-state index contributed by atoms with van der Waals surface area (Å²) in [4.78, 5) is 44.2. The highest BCUT2D eigenvalue weighted by molar-refractivity contribution is 5.97. The van der Waals surface area contributed by atoms with Gasteiger partial charge in [0.1, 0.15) is 6.33 Å². The summed E-state index contributed by atoms with van der Waals surface area (Å²) in [7, 11) is 2.81. The summed E-state index contributed by atoms with van der Waals surface area (Å²) in [5.41, 5.74) is 1.34. The van der Waals surface area contributed by atoms with Crippen molar-refractivity contribution in [3.8, 4) is 0 Å². The predicted octanol–water partition coefficient (Wildman–Crippen LogP) is 3.64. The number of aromatic nitrogens is 2. The van der Waals surface area contributed by atoms with Gasteiger partial charge in [-0.25, -0.2) is 14.8 Å². The zero-order valence-corrected chi connectivity index (χ0v) is 17.5. The summed E-state index contributed by atoms with van der Waals surface area (Å²) in [6.45, 7) is 1.40. The number of rotatable bonds is 7. The molecule has 0 saturated heterocycles. The molecule has 3 aromatic rings. The van der Waals surface area contributed by atoms with Crippen LogP contribution in [0, 0.1) is 10.1 Å². The van der Waals surface area contributed by atoms with Crippen molar-refractivity contribution in [3.05, 3.63) is 70.5 Å². The lowest BCUT2D eigenvalue weighted by molar-refractivity contribution is -0.383. The number of nitrogens with one attached hydrogen (secondary N) is 2. The lowest BCUT2D eigenvalue weighted by Gasteiger charge is -2.21. The quantitative estimate of drug-likeness (QED) is 0.323. The van der Waals surface area contributed by atoms with Crippen molar-refractivity contribution in [2.24, 2.45) is 0 Å². The fraction of sp³-hybridized carbons (Fsp3) is 0.143. The van der Waals surface area contributed by atoms with E-state index >= 15 is 0 Å². The van der Waals surface area contributed by atoms with Crippen LogP contribution >= 0.6 is 0 Å². The summed E-state index contributed by atoms with van der Waals surface area (Å²) >= 11 is 0. The van der Waals surface area contributed by atoms with Gasteiger partial charge in [0.25, 0.3) is 0 Å². The first kappa shape index (κ1) is 22.2. The number of ether oxygens (including phenoxy) is 1. The van der Waals surface area contributed by atoms with Gasteiger partial charge in [-0.3, -0.25) is 14.9 Å². The fourth-order valence-corrected chi connectivity index (χ4v) is 3.01. The number of esters is 1. The summed E-state index contributed by atoms with van der Waals surface area (Å²) in [5.74, 6) is -0.841. The monoisotopic (exact) mass is 436 g/mol. The van der Waals surface area contributed by atoms with Gasteiger partial charge < -0.3 is 20.3 Å². The van der Waals surface area contributed by atoms with Crippen LogP contribution in [0.15, 0.2) is 54.9 Å². The molecule has 0 radical (unpaired) electrons. The minimum Gasteiger partial charge on any atom is -0.465 e. The summed E-state index contributed by atoms with van der Waals surface area (Å²) in [6, 6.07) is 13.1. The van der Waals surface area contributed by atoms with E-state index in [0.717, 1.165) is 0 Å². The second-order valence-corrected chi connectivity index (χ2v) is 6.60. The van der Waals surface area contributed by atoms with Crippen LogP contribution in [0.3, 0.4) is 0 Å². The lowest BCUT2D eigenvalue weighted by Crippen LogP contribution is -2.18. The van der Waals surface area contributed by atoms with Crippen molar-refractivity contribution < 1.29 is 19.2 Å². The number of benzene rings is 2. The second kappa shape index (κ2) is 9.51. The molecule has 0 spiro atoms. The number of hydrogen-bond donors (Lipinski definition) is 2. The maximum Gasteiger partial charge on any atom is 0.354 e. The molecule has 0 unspecified atom stereocenters. The van der Waals surface area contributed by atoms with Gasteiger partial charge in [-0.1, -0.05) is 12.1 Å². The fourth-order valence-electron chi connectivity index (χ4n) is 3.01. The van der Waals surface area contributed by atoms with Crippen LogP contribution in [0.2, 0.25) is 0 Å². The van der Waals surface area contributed by atoms with Crippen molar-refractivity contribution in [3.63, 3.8) is 0 Å². The maximum atomic E-state index is 12.1. The van der Waals surface area contributed by atoms with Crippen molar-refractivity contribution >= 4 is 46.3 Å². The number of carbonyl (C=O) groups excluding carboxylic acids is 2. The molecule has 1 amide bonds. The van der Waals surface area contributed by atoms with E-state index in [9.17, 15) is 19.7 Å². The summed E-state index contributed by atoms with van der Waals surface area (Å²) in [5, 5.41) is 17.5. The molecule has 11 heteroatoms. The molecule has 0 fully saturated rings. The molecule has 2 N–H and O–H groups in total. The molecular formula is C21H20N6O5. The Morgan fingerprint density at radius 3 is 2.34 bits per heavy atom. The van der Waals surface area contributed by atoms with E-state index in [1.54, 1.807) is 55.6 Å². The van der Waals surface area contributed by atoms with Gasteiger partial charge in [0.05, 0.1) is 23.3 Å². The molecule has 0 saturated carbocycles. The Balaban J connectivity index is 2.00. The lowest BCUT2D eigenvalue weighted by atomic mass is 10.1. The average molecular weight is 436 g/mol. The van der Waals surface area contributed by atoms with Crippen molar-refractivity contribution in [2.75, 3.05) is 29.7 Å². The van der Waals surface area contributed by atoms with E-state index in [2.05, 4.69) is 20.6 Å². The van der Waals surface area contributed by atoms with E-state index in [1.165, 1.54) is 25.3 Å². The zero-order chi connectivity index (χ0) is 23.3. The normalized spacial score (nSPS) is 10.2. The van der Waals surface area contributed by atoms with Gasteiger partial charge in [-0.15, -0.1) is 0 Å². The van der Waals surface area contributed by atoms with E-state index in [4.69, 9.17) is 4.74 Å². The topological polar surface area (TPSA) is 140 Å². The highest BCUT2D eigenvalue weighted by Crippen LogP contribution is 2.37. The van der Waals surface area contributed by atoms with Gasteiger partial charge >= 0.3 is 11.7 Å². The van der Waals surface area contributed by atoms with Gasteiger partial charge in [0.2, 0.25) is 17.5 Å². The molecule has 11 nitrogen and oxygen atoms in total. The molecule has 0 aliphatic carbocycles. The Bertz CT molecular complexity index is 1170. The standard InChI is InChI=1S/C21H20N6O5/c1-13(28)24-14-8-10-15(11-9-14)25-19-18(27(30)31)20(23-12-22-19)26(2)17-7-5-4-6-16(17)21(29)32-3/h4-12H,1-3H3,(H,24,28)(H,22,23,25). The Hall–Kier alpha value is -4.54. The number of para-hydroxylation sites is 1. The Labute approximate surface area is 183 Å². The van der Waals surface area contributed by atoms with Crippen LogP contribution in [-0.4, -0.2) is 40.9 Å². The van der Waals surface area contributed by atoms with Crippen LogP contribution in [0.1, 0.15) is 17.3 Å². The SMILES string of the molecule is COC(=O)c1ccccc1N(C)c1ncnc(Nc2ccc(NC(C)=O)cc2)c1[N+](=O)[O-]. The number of hydrogen-bond acceptors (Lipinski definition) is 9. The molecule has 0 bridgehead atoms. The minimum atomic E-state index is -0.597. The van der Waals surface area contributed by atoms with Crippen LogP contribution in [0.5, 0.6) is 0 Å². The molecule has 164 valence electrons. The maximum absolute atomic E-state index is 12.1. The van der Waals surface area contributed by atoms with Crippen LogP contribution in [0.4, 0.5) is 34.4 Å². The first-order valence-corrected chi connectivity index (χ1v) is 9.37. The van der Waals surface area contributed by atoms with E-state index < -0.39 is 10.9 Å². The van der Waals surface area contributed by atoms with Gasteiger partial charge in [-0.05, 0) is 36.4 Å². The molecule has 1 heterocycles. The van der Waals surface area contributed by atoms with E-state index in [0.29, 0.717) is 17.1 Å². The molecule has 1 aromatic heterocycles. The van der Waals surface area contributed by atoms with E-state index in [-0.39, 0.29) is 28.8 Å². The van der Waals surface area contributed by atoms with Crippen LogP contribution in [-0.2, 0) is 9.53 Å². The number of nitrogens with zero attached hydrogens (tertiary/aromatic N) is 4. The molecule has 0 aliphatic heterocycles. The Morgan fingerprint density at radius 1 is 1.06 bits per heavy atom. The smallest absolute Gasteiger partial charge is 0.354 e. The first-order valence-electron chi connectivity index (χ1n) is 9.37. The molecular weight excluding hydrogens is 416 g/mol. The third kappa shape index (κ3) is 4.78. The van der Waals surface area contributed by atoms with Crippen molar-refractivity contribution in [1.82, 2.24) is 9.97 Å². The molecule has 3 rings (SSSR count). The average Bonchev–Trinajstić information content (AvgIpc) is 2.78. The van der Waals surface area contributed by atoms with Gasteiger partial charge in [0.15, 0.2) is 0 Å². The van der Waals surface area contributed by atoms with Crippen LogP contribution in [0.25, 0.3) is 0 Å². The largest absolute Gasteiger partial charge is 0.465 e. The summed E-state index contributed by atoms with van der Waals surface area (Å²) in [6.07, 6.45) is 1.19.